The molecule has 0 saturated carbocycles. The summed E-state index contributed by atoms with van der Waals surface area (Å²) in [6.07, 6.45) is 0. The van der Waals surface area contributed by atoms with Gasteiger partial charge in [-0.15, -0.1) is 0 Å². The van der Waals surface area contributed by atoms with Crippen molar-refractivity contribution in [3.63, 3.8) is 0 Å². The van der Waals surface area contributed by atoms with Gasteiger partial charge in [-0.25, -0.2) is 4.79 Å². The van der Waals surface area contributed by atoms with Gasteiger partial charge < -0.3 is 14.8 Å². The highest BCUT2D eigenvalue weighted by Crippen LogP contribution is 2.32. The molecule has 1 aliphatic rings. The number of carbonyl (C=O) groups excluding carboxylic acids is 1. The molecule has 0 fully saturated rings. The average Bonchev–Trinajstić information content (AvgIpc) is 3.19. The number of anilines is 1. The van der Waals surface area contributed by atoms with Gasteiger partial charge in [0.1, 0.15) is 0 Å². The van der Waals surface area contributed by atoms with Crippen molar-refractivity contribution in [3.05, 3.63) is 90.0 Å². The standard InChI is InChI=1S/C22H20N2O3/c25-22(23-14-18-11-12-20-21(13-18)27-16-26-20)24(19-9-5-2-6-10-19)15-17-7-3-1-4-8-17/h1-13H,14-16H2,(H,23,25). The van der Waals surface area contributed by atoms with E-state index in [1.165, 1.54) is 0 Å². The zero-order valence-electron chi connectivity index (χ0n) is 14.8. The van der Waals surface area contributed by atoms with Crippen LogP contribution >= 0.6 is 0 Å². The Labute approximate surface area is 158 Å². The minimum Gasteiger partial charge on any atom is -0.454 e. The normalized spacial score (nSPS) is 11.9. The van der Waals surface area contributed by atoms with Gasteiger partial charge in [-0.3, -0.25) is 4.90 Å². The van der Waals surface area contributed by atoms with Gasteiger partial charge in [0.2, 0.25) is 6.79 Å². The number of nitrogens with zero attached hydrogens (tertiary/aromatic N) is 1. The van der Waals surface area contributed by atoms with Crippen LogP contribution in [0.15, 0.2) is 78.9 Å². The van der Waals surface area contributed by atoms with Crippen LogP contribution in [0, 0.1) is 0 Å². The van der Waals surface area contributed by atoms with Crippen molar-refractivity contribution >= 4 is 11.7 Å². The van der Waals surface area contributed by atoms with E-state index in [2.05, 4.69) is 5.32 Å². The Hall–Kier alpha value is -3.47. The van der Waals surface area contributed by atoms with Crippen molar-refractivity contribution in [2.45, 2.75) is 13.1 Å². The maximum Gasteiger partial charge on any atom is 0.322 e. The Morgan fingerprint density at radius 3 is 2.33 bits per heavy atom. The zero-order valence-corrected chi connectivity index (χ0v) is 14.8. The van der Waals surface area contributed by atoms with E-state index in [9.17, 15) is 4.79 Å². The first kappa shape index (κ1) is 17.0. The first-order chi connectivity index (χ1) is 13.3. The lowest BCUT2D eigenvalue weighted by Gasteiger charge is -2.23. The van der Waals surface area contributed by atoms with Gasteiger partial charge in [-0.05, 0) is 35.4 Å². The molecule has 0 atom stereocenters. The molecule has 4 rings (SSSR count). The number of benzene rings is 3. The maximum atomic E-state index is 12.9. The summed E-state index contributed by atoms with van der Waals surface area (Å²) < 4.78 is 10.7. The summed E-state index contributed by atoms with van der Waals surface area (Å²) in [5.41, 5.74) is 2.88. The fourth-order valence-electron chi connectivity index (χ4n) is 2.98. The lowest BCUT2D eigenvalue weighted by molar-refractivity contribution is 0.174. The van der Waals surface area contributed by atoms with E-state index in [1.54, 1.807) is 4.90 Å². The van der Waals surface area contributed by atoms with Crippen LogP contribution in [0.4, 0.5) is 10.5 Å². The second-order valence-electron chi connectivity index (χ2n) is 6.25. The lowest BCUT2D eigenvalue weighted by Crippen LogP contribution is -2.39. The molecule has 0 aliphatic carbocycles. The average molecular weight is 360 g/mol. The van der Waals surface area contributed by atoms with Crippen molar-refractivity contribution in [3.8, 4) is 11.5 Å². The fraction of sp³-hybridized carbons (Fsp3) is 0.136. The number of carbonyl (C=O) groups is 1. The van der Waals surface area contributed by atoms with Crippen LogP contribution in [0.5, 0.6) is 11.5 Å². The number of hydrogen-bond donors (Lipinski definition) is 1. The Kier molecular flexibility index (Phi) is 4.92. The third kappa shape index (κ3) is 4.03. The topological polar surface area (TPSA) is 50.8 Å². The fourth-order valence-corrected chi connectivity index (χ4v) is 2.98. The third-order valence-corrected chi connectivity index (χ3v) is 4.38. The molecule has 1 N–H and O–H groups in total. The van der Waals surface area contributed by atoms with Gasteiger partial charge in [0, 0.05) is 12.2 Å². The van der Waals surface area contributed by atoms with Crippen LogP contribution in [0.2, 0.25) is 0 Å². The van der Waals surface area contributed by atoms with Gasteiger partial charge in [-0.2, -0.15) is 0 Å². The molecule has 0 radical (unpaired) electrons. The van der Waals surface area contributed by atoms with Gasteiger partial charge in [-0.1, -0.05) is 54.6 Å². The molecule has 1 aliphatic heterocycles. The Bertz CT molecular complexity index is 913. The molecule has 1 heterocycles. The second-order valence-corrected chi connectivity index (χ2v) is 6.25. The smallest absolute Gasteiger partial charge is 0.322 e. The molecule has 0 unspecified atom stereocenters. The Balaban J connectivity index is 1.48. The largest absolute Gasteiger partial charge is 0.454 e. The number of nitrogens with one attached hydrogen (secondary N) is 1. The van der Waals surface area contributed by atoms with E-state index in [0.29, 0.717) is 18.8 Å². The number of para-hydroxylation sites is 1. The van der Waals surface area contributed by atoms with Crippen LogP contribution in [0.3, 0.4) is 0 Å². The van der Waals surface area contributed by atoms with Gasteiger partial charge in [0.25, 0.3) is 0 Å². The SMILES string of the molecule is O=C(NCc1ccc2c(c1)OCO2)N(Cc1ccccc1)c1ccccc1. The van der Waals surface area contributed by atoms with Gasteiger partial charge in [0.05, 0.1) is 6.54 Å². The summed E-state index contributed by atoms with van der Waals surface area (Å²) in [7, 11) is 0. The molecule has 0 saturated heterocycles. The van der Waals surface area contributed by atoms with E-state index < -0.39 is 0 Å². The van der Waals surface area contributed by atoms with E-state index >= 15 is 0 Å². The van der Waals surface area contributed by atoms with E-state index in [0.717, 1.165) is 22.6 Å². The number of fused-ring (bicyclic) bond motifs is 1. The lowest BCUT2D eigenvalue weighted by atomic mass is 10.2. The third-order valence-electron chi connectivity index (χ3n) is 4.38. The van der Waals surface area contributed by atoms with Crippen molar-refractivity contribution < 1.29 is 14.3 Å². The molecule has 0 spiro atoms. The molecular formula is C22H20N2O3. The number of rotatable bonds is 5. The minimum atomic E-state index is -0.150. The number of amides is 2. The molecule has 136 valence electrons. The van der Waals surface area contributed by atoms with Crippen molar-refractivity contribution in [2.75, 3.05) is 11.7 Å². The van der Waals surface area contributed by atoms with Crippen molar-refractivity contribution in [1.29, 1.82) is 0 Å². The number of ether oxygens (including phenoxy) is 2. The molecule has 0 aromatic heterocycles. The minimum absolute atomic E-state index is 0.150. The van der Waals surface area contributed by atoms with Gasteiger partial charge in [0.15, 0.2) is 11.5 Å². The summed E-state index contributed by atoms with van der Waals surface area (Å²) >= 11 is 0. The summed E-state index contributed by atoms with van der Waals surface area (Å²) in [6.45, 7) is 1.15. The van der Waals surface area contributed by atoms with E-state index in [-0.39, 0.29) is 12.8 Å². The van der Waals surface area contributed by atoms with Crippen LogP contribution in [0.1, 0.15) is 11.1 Å². The summed E-state index contributed by atoms with van der Waals surface area (Å²) in [5.74, 6) is 1.45. The van der Waals surface area contributed by atoms with Crippen LogP contribution < -0.4 is 19.7 Å². The molecule has 5 nitrogen and oxygen atoms in total. The summed E-state index contributed by atoms with van der Waals surface area (Å²) in [5, 5.41) is 3.00. The van der Waals surface area contributed by atoms with Crippen LogP contribution in [-0.2, 0) is 13.1 Å². The highest BCUT2D eigenvalue weighted by atomic mass is 16.7. The quantitative estimate of drug-likeness (QED) is 0.737. The molecule has 5 heteroatoms. The van der Waals surface area contributed by atoms with Crippen molar-refractivity contribution in [1.82, 2.24) is 5.32 Å². The van der Waals surface area contributed by atoms with Crippen molar-refractivity contribution in [2.24, 2.45) is 0 Å². The molecule has 2 amide bonds. The molecule has 3 aromatic carbocycles. The first-order valence-electron chi connectivity index (χ1n) is 8.82. The summed E-state index contributed by atoms with van der Waals surface area (Å²) in [4.78, 5) is 14.7. The second kappa shape index (κ2) is 7.83. The predicted molar refractivity (Wildman–Crippen MR) is 104 cm³/mol. The summed E-state index contributed by atoms with van der Waals surface area (Å²) in [6, 6.07) is 25.2. The van der Waals surface area contributed by atoms with E-state index in [1.807, 2.05) is 78.9 Å². The first-order valence-corrected chi connectivity index (χ1v) is 8.82. The molecule has 3 aromatic rings. The molecule has 0 bridgehead atoms. The van der Waals surface area contributed by atoms with Crippen LogP contribution in [0.25, 0.3) is 0 Å². The number of urea groups is 1. The predicted octanol–water partition coefficient (Wildman–Crippen LogP) is 4.33. The highest BCUT2D eigenvalue weighted by molar-refractivity contribution is 5.91. The van der Waals surface area contributed by atoms with Gasteiger partial charge >= 0.3 is 6.03 Å². The zero-order chi connectivity index (χ0) is 18.5. The Morgan fingerprint density at radius 2 is 1.56 bits per heavy atom. The van der Waals surface area contributed by atoms with E-state index in [4.69, 9.17) is 9.47 Å². The Morgan fingerprint density at radius 1 is 0.852 bits per heavy atom. The van der Waals surface area contributed by atoms with Crippen LogP contribution in [-0.4, -0.2) is 12.8 Å². The number of hydrogen-bond acceptors (Lipinski definition) is 3. The highest BCUT2D eigenvalue weighted by Gasteiger charge is 2.17. The maximum absolute atomic E-state index is 12.9. The molecular weight excluding hydrogens is 340 g/mol. The molecule has 27 heavy (non-hydrogen) atoms. The monoisotopic (exact) mass is 360 g/mol.